The van der Waals surface area contributed by atoms with E-state index in [0.29, 0.717) is 22.2 Å². The summed E-state index contributed by atoms with van der Waals surface area (Å²) in [6.07, 6.45) is 3.72. The molecule has 1 aromatic heterocycles. The molecule has 2 N–H and O–H groups in total. The number of benzene rings is 1. The average molecular weight is 235 g/mol. The Hall–Kier alpha value is -1.74. The number of nitrogen functional groups attached to an aromatic ring is 1. The molecule has 0 atom stereocenters. The molecule has 0 saturated carbocycles. The molecule has 0 saturated heterocycles. The second kappa shape index (κ2) is 4.41. The van der Waals surface area contributed by atoms with Crippen LogP contribution >= 0.6 is 11.6 Å². The summed E-state index contributed by atoms with van der Waals surface area (Å²) in [5.74, 6) is 0.635. The predicted octanol–water partition coefficient (Wildman–Crippen LogP) is 3.39. The van der Waals surface area contributed by atoms with Crippen molar-refractivity contribution in [2.24, 2.45) is 0 Å². The maximum atomic E-state index is 5.79. The molecule has 82 valence electrons. The molecule has 3 nitrogen and oxygen atoms in total. The number of halogens is 1. The zero-order chi connectivity index (χ0) is 11.5. The minimum atomic E-state index is 0.574. The van der Waals surface area contributed by atoms with Crippen LogP contribution in [0.5, 0.6) is 0 Å². The Kier molecular flexibility index (Phi) is 2.97. The van der Waals surface area contributed by atoms with Gasteiger partial charge in [0.1, 0.15) is 11.4 Å². The summed E-state index contributed by atoms with van der Waals surface area (Å²) in [5, 5.41) is 4.55. The summed E-state index contributed by atoms with van der Waals surface area (Å²) in [6, 6.07) is 7.50. The number of aromatic nitrogens is 1. The van der Waals surface area contributed by atoms with Gasteiger partial charge in [-0.25, -0.2) is 0 Å². The average Bonchev–Trinajstić information content (AvgIpc) is 2.60. The zero-order valence-corrected chi connectivity index (χ0v) is 9.53. The van der Waals surface area contributed by atoms with Crippen molar-refractivity contribution in [3.8, 4) is 0 Å². The molecule has 0 aliphatic heterocycles. The highest BCUT2D eigenvalue weighted by Crippen LogP contribution is 2.18. The topological polar surface area (TPSA) is 52.0 Å². The normalized spacial score (nSPS) is 11.1. The van der Waals surface area contributed by atoms with E-state index in [2.05, 4.69) is 5.16 Å². The van der Waals surface area contributed by atoms with E-state index in [0.717, 1.165) is 5.56 Å². The van der Waals surface area contributed by atoms with Crippen molar-refractivity contribution >= 4 is 29.4 Å². The van der Waals surface area contributed by atoms with E-state index in [1.54, 1.807) is 6.92 Å². The van der Waals surface area contributed by atoms with Gasteiger partial charge in [-0.3, -0.25) is 0 Å². The molecule has 0 unspecified atom stereocenters. The van der Waals surface area contributed by atoms with E-state index in [1.165, 1.54) is 0 Å². The number of hydrogen-bond donors (Lipinski definition) is 1. The number of rotatable bonds is 2. The lowest BCUT2D eigenvalue weighted by molar-refractivity contribution is 0.397. The summed E-state index contributed by atoms with van der Waals surface area (Å²) < 4.78 is 4.96. The molecule has 2 aromatic rings. The maximum absolute atomic E-state index is 5.79. The molecule has 2 rings (SSSR count). The number of hydrogen-bond acceptors (Lipinski definition) is 3. The molecular weight excluding hydrogens is 224 g/mol. The Labute approximate surface area is 98.5 Å². The molecule has 0 aliphatic rings. The Morgan fingerprint density at radius 3 is 2.50 bits per heavy atom. The Bertz CT molecular complexity index is 514. The summed E-state index contributed by atoms with van der Waals surface area (Å²) in [5.41, 5.74) is 8.01. The third-order valence-electron chi connectivity index (χ3n) is 2.24. The first-order valence-corrected chi connectivity index (χ1v) is 5.20. The summed E-state index contributed by atoms with van der Waals surface area (Å²) in [6.45, 7) is 1.78. The monoisotopic (exact) mass is 234 g/mol. The van der Waals surface area contributed by atoms with E-state index < -0.39 is 0 Å². The Balaban J connectivity index is 2.21. The lowest BCUT2D eigenvalue weighted by atomic mass is 10.2. The van der Waals surface area contributed by atoms with Crippen LogP contribution in [-0.4, -0.2) is 5.16 Å². The Morgan fingerprint density at radius 1 is 1.25 bits per heavy atom. The highest BCUT2D eigenvalue weighted by atomic mass is 35.5. The van der Waals surface area contributed by atoms with Crippen LogP contribution < -0.4 is 5.73 Å². The molecule has 0 spiro atoms. The second-order valence-corrected chi connectivity index (χ2v) is 3.86. The predicted molar refractivity (Wildman–Crippen MR) is 66.0 cm³/mol. The number of nitrogens with two attached hydrogens (primary N) is 1. The van der Waals surface area contributed by atoms with E-state index >= 15 is 0 Å². The minimum absolute atomic E-state index is 0.574. The Morgan fingerprint density at radius 2 is 1.94 bits per heavy atom. The van der Waals surface area contributed by atoms with Crippen LogP contribution in [-0.2, 0) is 0 Å². The van der Waals surface area contributed by atoms with Gasteiger partial charge in [0.15, 0.2) is 5.76 Å². The lowest BCUT2D eigenvalue weighted by Gasteiger charge is -1.93. The van der Waals surface area contributed by atoms with Crippen molar-refractivity contribution in [2.45, 2.75) is 6.92 Å². The lowest BCUT2D eigenvalue weighted by Crippen LogP contribution is -1.86. The van der Waals surface area contributed by atoms with E-state index in [4.69, 9.17) is 21.9 Å². The van der Waals surface area contributed by atoms with Crippen molar-refractivity contribution in [2.75, 3.05) is 5.73 Å². The third kappa shape index (κ3) is 2.25. The quantitative estimate of drug-likeness (QED) is 0.867. The second-order valence-electron chi connectivity index (χ2n) is 3.42. The third-order valence-corrected chi connectivity index (χ3v) is 2.49. The van der Waals surface area contributed by atoms with Gasteiger partial charge in [0.05, 0.1) is 0 Å². The molecular formula is C12H11ClN2O. The molecule has 1 aromatic carbocycles. The highest BCUT2D eigenvalue weighted by molar-refractivity contribution is 6.30. The molecule has 4 heteroatoms. The number of aryl methyl sites for hydroxylation is 1. The number of nitrogens with zero attached hydrogens (tertiary/aromatic N) is 1. The van der Waals surface area contributed by atoms with Gasteiger partial charge < -0.3 is 10.3 Å². The molecule has 0 amide bonds. The standard InChI is InChI=1S/C12H11ClN2O/c1-8-12(14)11(15-16-8)7-4-9-2-5-10(13)6-3-9/h2-7H,14H2,1H3. The first-order valence-electron chi connectivity index (χ1n) is 4.82. The first-order chi connectivity index (χ1) is 7.66. The van der Waals surface area contributed by atoms with Gasteiger partial charge in [0, 0.05) is 5.02 Å². The molecule has 16 heavy (non-hydrogen) atoms. The van der Waals surface area contributed by atoms with E-state index in [-0.39, 0.29) is 0 Å². The van der Waals surface area contributed by atoms with Crippen molar-refractivity contribution in [3.05, 3.63) is 46.3 Å². The van der Waals surface area contributed by atoms with Gasteiger partial charge in [-0.2, -0.15) is 0 Å². The van der Waals surface area contributed by atoms with Crippen LogP contribution in [0, 0.1) is 6.92 Å². The van der Waals surface area contributed by atoms with Crippen LogP contribution in [0.1, 0.15) is 17.0 Å². The van der Waals surface area contributed by atoms with Gasteiger partial charge in [-0.15, -0.1) is 0 Å². The van der Waals surface area contributed by atoms with Crippen molar-refractivity contribution in [1.82, 2.24) is 5.16 Å². The first kappa shape index (κ1) is 10.8. The maximum Gasteiger partial charge on any atom is 0.157 e. The minimum Gasteiger partial charge on any atom is -0.394 e. The molecule has 0 aliphatic carbocycles. The van der Waals surface area contributed by atoms with Crippen molar-refractivity contribution < 1.29 is 4.52 Å². The van der Waals surface area contributed by atoms with Crippen LogP contribution in [0.3, 0.4) is 0 Å². The fourth-order valence-corrected chi connectivity index (χ4v) is 1.39. The van der Waals surface area contributed by atoms with Gasteiger partial charge >= 0.3 is 0 Å². The highest BCUT2D eigenvalue weighted by Gasteiger charge is 2.04. The molecule has 0 radical (unpaired) electrons. The van der Waals surface area contributed by atoms with Crippen molar-refractivity contribution in [3.63, 3.8) is 0 Å². The van der Waals surface area contributed by atoms with Gasteiger partial charge in [0.2, 0.25) is 0 Å². The van der Waals surface area contributed by atoms with Gasteiger partial charge in [-0.1, -0.05) is 35.0 Å². The fourth-order valence-electron chi connectivity index (χ4n) is 1.27. The fraction of sp³-hybridized carbons (Fsp3) is 0.0833. The molecule has 1 heterocycles. The SMILES string of the molecule is Cc1onc(C=Cc2ccc(Cl)cc2)c1N. The summed E-state index contributed by atoms with van der Waals surface area (Å²) >= 11 is 5.79. The summed E-state index contributed by atoms with van der Waals surface area (Å²) in [4.78, 5) is 0. The van der Waals surface area contributed by atoms with E-state index in [9.17, 15) is 0 Å². The molecule has 0 fully saturated rings. The van der Waals surface area contributed by atoms with Crippen LogP contribution in [0.4, 0.5) is 5.69 Å². The van der Waals surface area contributed by atoms with Gasteiger partial charge in [0.25, 0.3) is 0 Å². The van der Waals surface area contributed by atoms with Crippen LogP contribution in [0.2, 0.25) is 5.02 Å². The number of anilines is 1. The van der Waals surface area contributed by atoms with Crippen LogP contribution in [0.25, 0.3) is 12.2 Å². The van der Waals surface area contributed by atoms with Crippen LogP contribution in [0.15, 0.2) is 28.8 Å². The smallest absolute Gasteiger partial charge is 0.157 e. The molecule has 0 bridgehead atoms. The summed E-state index contributed by atoms with van der Waals surface area (Å²) in [7, 11) is 0. The largest absolute Gasteiger partial charge is 0.394 e. The van der Waals surface area contributed by atoms with E-state index in [1.807, 2.05) is 36.4 Å². The zero-order valence-electron chi connectivity index (χ0n) is 8.77. The van der Waals surface area contributed by atoms with Gasteiger partial charge in [-0.05, 0) is 30.7 Å². The van der Waals surface area contributed by atoms with Crippen molar-refractivity contribution in [1.29, 1.82) is 0 Å².